The SMILES string of the molecule is O=c1[nH]c2c(O)c(OCCCCBr)c(O)c(O)c2c(O)c1O. The number of nitrogens with one attached hydrogen (secondary N) is 1. The zero-order valence-electron chi connectivity index (χ0n) is 11.3. The summed E-state index contributed by atoms with van der Waals surface area (Å²) in [6.45, 7) is 0.159. The molecule has 0 unspecified atom stereocenters. The van der Waals surface area contributed by atoms with Crippen molar-refractivity contribution in [2.75, 3.05) is 11.9 Å². The highest BCUT2D eigenvalue weighted by Crippen LogP contribution is 2.51. The summed E-state index contributed by atoms with van der Waals surface area (Å²) in [5, 5.41) is 49.3. The fourth-order valence-corrected chi connectivity index (χ4v) is 2.34. The number of phenolic OH excluding ortho intramolecular Hbond substituents is 3. The molecule has 2 aromatic rings. The van der Waals surface area contributed by atoms with Crippen LogP contribution in [0.4, 0.5) is 0 Å². The van der Waals surface area contributed by atoms with Crippen LogP contribution in [0, 0.1) is 0 Å². The summed E-state index contributed by atoms with van der Waals surface area (Å²) >= 11 is 3.25. The standard InChI is InChI=1S/C13H14BrNO7/c14-3-1-2-4-22-12-9(18)6-5(7(16)10(12)19)8(17)11(20)13(21)15-6/h16,18-20H,1-4H2,(H2,15,17,21). The number of aromatic nitrogens is 1. The van der Waals surface area contributed by atoms with Gasteiger partial charge in [-0.3, -0.25) is 4.79 Å². The second-order valence-electron chi connectivity index (χ2n) is 4.52. The first-order valence-electron chi connectivity index (χ1n) is 6.33. The van der Waals surface area contributed by atoms with E-state index in [9.17, 15) is 30.3 Å². The molecule has 22 heavy (non-hydrogen) atoms. The van der Waals surface area contributed by atoms with Crippen molar-refractivity contribution < 1.29 is 30.3 Å². The van der Waals surface area contributed by atoms with Gasteiger partial charge < -0.3 is 35.3 Å². The molecule has 0 radical (unpaired) electrons. The van der Waals surface area contributed by atoms with E-state index in [0.29, 0.717) is 6.42 Å². The van der Waals surface area contributed by atoms with E-state index in [4.69, 9.17) is 4.74 Å². The van der Waals surface area contributed by atoms with Crippen LogP contribution in [0.5, 0.6) is 34.5 Å². The first-order valence-corrected chi connectivity index (χ1v) is 7.45. The predicted octanol–water partition coefficient (Wildman–Crippen LogP) is 1.61. The number of pyridine rings is 1. The fraction of sp³-hybridized carbons (Fsp3) is 0.308. The molecule has 0 bridgehead atoms. The Kier molecular flexibility index (Phi) is 4.55. The molecule has 0 fully saturated rings. The van der Waals surface area contributed by atoms with Crippen molar-refractivity contribution in [3.05, 3.63) is 10.4 Å². The van der Waals surface area contributed by atoms with E-state index in [1.165, 1.54) is 0 Å². The lowest BCUT2D eigenvalue weighted by Crippen LogP contribution is -2.06. The normalized spacial score (nSPS) is 11.0. The zero-order chi connectivity index (χ0) is 16.4. The largest absolute Gasteiger partial charge is 0.504 e. The Morgan fingerprint density at radius 3 is 2.18 bits per heavy atom. The van der Waals surface area contributed by atoms with Crippen LogP contribution in [-0.2, 0) is 0 Å². The molecule has 0 aliphatic heterocycles. The minimum absolute atomic E-state index is 0.159. The van der Waals surface area contributed by atoms with Crippen molar-refractivity contribution in [2.45, 2.75) is 12.8 Å². The summed E-state index contributed by atoms with van der Waals surface area (Å²) in [6.07, 6.45) is 1.42. The van der Waals surface area contributed by atoms with Gasteiger partial charge in [-0.05, 0) is 12.8 Å². The molecule has 0 atom stereocenters. The topological polar surface area (TPSA) is 143 Å². The van der Waals surface area contributed by atoms with E-state index in [2.05, 4.69) is 20.9 Å². The van der Waals surface area contributed by atoms with Crippen LogP contribution in [0.15, 0.2) is 4.79 Å². The third kappa shape index (κ3) is 2.59. The Morgan fingerprint density at radius 2 is 1.55 bits per heavy atom. The highest BCUT2D eigenvalue weighted by atomic mass is 79.9. The van der Waals surface area contributed by atoms with Gasteiger partial charge in [0.15, 0.2) is 17.2 Å². The fourth-order valence-electron chi connectivity index (χ4n) is 1.95. The third-order valence-electron chi connectivity index (χ3n) is 3.07. The van der Waals surface area contributed by atoms with Crippen molar-refractivity contribution >= 4 is 26.8 Å². The molecule has 0 saturated carbocycles. The van der Waals surface area contributed by atoms with E-state index < -0.39 is 45.4 Å². The second kappa shape index (κ2) is 6.22. The van der Waals surface area contributed by atoms with Gasteiger partial charge in [-0.1, -0.05) is 15.9 Å². The molecule has 2 rings (SSSR count). The minimum Gasteiger partial charge on any atom is -0.504 e. The van der Waals surface area contributed by atoms with Crippen LogP contribution in [0.1, 0.15) is 12.8 Å². The van der Waals surface area contributed by atoms with Crippen molar-refractivity contribution in [2.24, 2.45) is 0 Å². The number of hydrogen-bond donors (Lipinski definition) is 6. The molecule has 8 nitrogen and oxygen atoms in total. The molecule has 0 spiro atoms. The number of benzene rings is 1. The molecule has 0 saturated heterocycles. The van der Waals surface area contributed by atoms with Crippen LogP contribution in [0.3, 0.4) is 0 Å². The van der Waals surface area contributed by atoms with Crippen LogP contribution in [0.25, 0.3) is 10.9 Å². The molecule has 1 heterocycles. The van der Waals surface area contributed by atoms with Gasteiger partial charge in [0.2, 0.25) is 17.2 Å². The van der Waals surface area contributed by atoms with Gasteiger partial charge in [0.1, 0.15) is 5.52 Å². The molecular formula is C13H14BrNO7. The number of H-pyrrole nitrogens is 1. The highest BCUT2D eigenvalue weighted by molar-refractivity contribution is 9.09. The summed E-state index contributed by atoms with van der Waals surface area (Å²) in [5.74, 6) is -4.69. The summed E-state index contributed by atoms with van der Waals surface area (Å²) in [4.78, 5) is 13.5. The Labute approximate surface area is 132 Å². The van der Waals surface area contributed by atoms with Crippen molar-refractivity contribution in [1.29, 1.82) is 0 Å². The number of rotatable bonds is 5. The number of phenols is 3. The third-order valence-corrected chi connectivity index (χ3v) is 3.63. The number of alkyl halides is 1. The van der Waals surface area contributed by atoms with Gasteiger partial charge in [-0.15, -0.1) is 0 Å². The quantitative estimate of drug-likeness (QED) is 0.201. The van der Waals surface area contributed by atoms with Gasteiger partial charge in [0, 0.05) is 5.33 Å². The smallest absolute Gasteiger partial charge is 0.294 e. The lowest BCUT2D eigenvalue weighted by atomic mass is 10.1. The Morgan fingerprint density at radius 1 is 0.909 bits per heavy atom. The maximum atomic E-state index is 11.4. The van der Waals surface area contributed by atoms with Gasteiger partial charge in [0.05, 0.1) is 12.0 Å². The molecule has 0 aliphatic rings. The van der Waals surface area contributed by atoms with Crippen molar-refractivity contribution in [3.63, 3.8) is 0 Å². The second-order valence-corrected chi connectivity index (χ2v) is 5.31. The van der Waals surface area contributed by atoms with E-state index in [-0.39, 0.29) is 12.1 Å². The minimum atomic E-state index is -1.06. The number of aromatic amines is 1. The molecule has 0 aliphatic carbocycles. The first-order chi connectivity index (χ1) is 10.4. The summed E-state index contributed by atoms with van der Waals surface area (Å²) in [6, 6.07) is 0. The Bertz CT molecular complexity index is 772. The van der Waals surface area contributed by atoms with E-state index in [0.717, 1.165) is 11.8 Å². The molecule has 9 heteroatoms. The molecule has 120 valence electrons. The van der Waals surface area contributed by atoms with Crippen LogP contribution < -0.4 is 10.3 Å². The molecule has 1 aromatic heterocycles. The zero-order valence-corrected chi connectivity index (χ0v) is 12.8. The number of unbranched alkanes of at least 4 members (excludes halogenated alkanes) is 1. The number of hydrogen-bond acceptors (Lipinski definition) is 7. The van der Waals surface area contributed by atoms with Gasteiger partial charge in [-0.2, -0.15) is 0 Å². The lowest BCUT2D eigenvalue weighted by Gasteiger charge is -2.14. The Hall–Kier alpha value is -2.29. The van der Waals surface area contributed by atoms with Crippen molar-refractivity contribution in [1.82, 2.24) is 4.98 Å². The maximum Gasteiger partial charge on any atom is 0.294 e. The average Bonchev–Trinajstić information content (AvgIpc) is 2.49. The summed E-state index contributed by atoms with van der Waals surface area (Å²) in [5.41, 5.74) is -1.42. The maximum absolute atomic E-state index is 11.4. The summed E-state index contributed by atoms with van der Waals surface area (Å²) < 4.78 is 5.22. The van der Waals surface area contributed by atoms with Crippen LogP contribution in [0.2, 0.25) is 0 Å². The monoisotopic (exact) mass is 375 g/mol. The predicted molar refractivity (Wildman–Crippen MR) is 81.4 cm³/mol. The highest BCUT2D eigenvalue weighted by Gasteiger charge is 2.25. The van der Waals surface area contributed by atoms with E-state index >= 15 is 0 Å². The molecular weight excluding hydrogens is 362 g/mol. The van der Waals surface area contributed by atoms with Gasteiger partial charge in [0.25, 0.3) is 5.56 Å². The van der Waals surface area contributed by atoms with E-state index in [1.54, 1.807) is 0 Å². The number of aromatic hydroxyl groups is 5. The lowest BCUT2D eigenvalue weighted by molar-refractivity contribution is 0.273. The van der Waals surface area contributed by atoms with Gasteiger partial charge >= 0.3 is 0 Å². The first kappa shape index (κ1) is 16.1. The molecule has 1 aromatic carbocycles. The summed E-state index contributed by atoms with van der Waals surface area (Å²) in [7, 11) is 0. The average molecular weight is 376 g/mol. The van der Waals surface area contributed by atoms with E-state index in [1.807, 2.05) is 0 Å². The molecule has 6 N–H and O–H groups in total. The molecule has 0 amide bonds. The van der Waals surface area contributed by atoms with Crippen LogP contribution in [-0.4, -0.2) is 42.5 Å². The van der Waals surface area contributed by atoms with Crippen molar-refractivity contribution in [3.8, 4) is 34.5 Å². The number of fused-ring (bicyclic) bond motifs is 1. The number of ether oxygens (including phenoxy) is 1. The Balaban J connectivity index is 2.61. The number of halogens is 1. The van der Waals surface area contributed by atoms with Gasteiger partial charge in [-0.25, -0.2) is 0 Å². The van der Waals surface area contributed by atoms with Crippen LogP contribution >= 0.6 is 15.9 Å².